The molecule has 0 bridgehead atoms. The first-order valence-electron chi connectivity index (χ1n) is 7.44. The van der Waals surface area contributed by atoms with Crippen molar-refractivity contribution >= 4 is 27.5 Å². The van der Waals surface area contributed by atoms with Crippen LogP contribution < -0.4 is 5.32 Å². The highest BCUT2D eigenvalue weighted by Crippen LogP contribution is 2.41. The van der Waals surface area contributed by atoms with Gasteiger partial charge in [-0.2, -0.15) is 5.10 Å². The molecule has 1 aliphatic rings. The third-order valence-corrected chi connectivity index (χ3v) is 5.23. The van der Waals surface area contributed by atoms with Gasteiger partial charge in [-0.3, -0.25) is 9.48 Å². The molecule has 1 N–H and O–H groups in total. The lowest BCUT2D eigenvalue weighted by atomic mass is 9.86. The molecule has 0 fully saturated rings. The first kappa shape index (κ1) is 15.3. The van der Waals surface area contributed by atoms with Gasteiger partial charge < -0.3 is 5.32 Å². The molecule has 22 heavy (non-hydrogen) atoms. The number of carbonyl (C=O) groups excluding carboxylic acids is 1. The molecule has 0 radical (unpaired) electrons. The summed E-state index contributed by atoms with van der Waals surface area (Å²) in [5, 5.41) is 7.31. The highest BCUT2D eigenvalue weighted by atomic mass is 79.9. The van der Waals surface area contributed by atoms with Crippen LogP contribution in [0.2, 0.25) is 0 Å². The summed E-state index contributed by atoms with van der Waals surface area (Å²) in [6.07, 6.45) is 2.12. The molecule has 5 heteroatoms. The van der Waals surface area contributed by atoms with Gasteiger partial charge in [0.2, 0.25) is 0 Å². The van der Waals surface area contributed by atoms with E-state index in [1.165, 1.54) is 11.1 Å². The Hall–Kier alpha value is -1.62. The van der Waals surface area contributed by atoms with E-state index in [1.54, 1.807) is 4.68 Å². The number of hydrogen-bond donors (Lipinski definition) is 1. The Bertz CT molecular complexity index is 762. The smallest absolute Gasteiger partial charge is 0.260 e. The molecule has 0 saturated carbocycles. The van der Waals surface area contributed by atoms with Crippen molar-refractivity contribution < 1.29 is 4.79 Å². The van der Waals surface area contributed by atoms with Crippen molar-refractivity contribution in [3.05, 3.63) is 45.2 Å². The molecule has 3 rings (SSSR count). The van der Waals surface area contributed by atoms with Crippen molar-refractivity contribution in [3.63, 3.8) is 0 Å². The summed E-state index contributed by atoms with van der Waals surface area (Å²) < 4.78 is 2.29. The SMILES string of the molecule is Cc1c(C(=O)Nc2cccc3c2CCC3(C)C)c(Br)nn1C. The third kappa shape index (κ3) is 2.37. The fraction of sp³-hybridized carbons (Fsp3) is 0.412. The van der Waals surface area contributed by atoms with E-state index in [1.807, 2.05) is 26.1 Å². The third-order valence-electron chi connectivity index (χ3n) is 4.67. The minimum atomic E-state index is -0.115. The monoisotopic (exact) mass is 361 g/mol. The first-order valence-corrected chi connectivity index (χ1v) is 8.23. The normalized spacial score (nSPS) is 15.7. The van der Waals surface area contributed by atoms with Crippen LogP contribution in [0.1, 0.15) is 47.4 Å². The largest absolute Gasteiger partial charge is 0.322 e. The first-order chi connectivity index (χ1) is 10.3. The number of rotatable bonds is 2. The molecule has 1 aromatic heterocycles. The van der Waals surface area contributed by atoms with E-state index in [4.69, 9.17) is 0 Å². The van der Waals surface area contributed by atoms with E-state index in [-0.39, 0.29) is 11.3 Å². The van der Waals surface area contributed by atoms with Crippen molar-refractivity contribution in [3.8, 4) is 0 Å². The Balaban J connectivity index is 1.95. The van der Waals surface area contributed by atoms with E-state index in [0.29, 0.717) is 10.2 Å². The number of aryl methyl sites for hydroxylation is 1. The van der Waals surface area contributed by atoms with E-state index in [2.05, 4.69) is 46.3 Å². The van der Waals surface area contributed by atoms with Gasteiger partial charge in [-0.15, -0.1) is 0 Å². The maximum absolute atomic E-state index is 12.6. The van der Waals surface area contributed by atoms with Crippen molar-refractivity contribution in [2.75, 3.05) is 5.32 Å². The lowest BCUT2D eigenvalue weighted by Gasteiger charge is -2.19. The summed E-state index contributed by atoms with van der Waals surface area (Å²) in [6.45, 7) is 6.41. The minimum absolute atomic E-state index is 0.115. The number of nitrogens with one attached hydrogen (secondary N) is 1. The molecule has 0 unspecified atom stereocenters. The highest BCUT2D eigenvalue weighted by molar-refractivity contribution is 9.10. The van der Waals surface area contributed by atoms with Crippen molar-refractivity contribution in [1.29, 1.82) is 0 Å². The Labute approximate surface area is 139 Å². The summed E-state index contributed by atoms with van der Waals surface area (Å²) in [6, 6.07) is 6.17. The molecule has 1 aliphatic carbocycles. The summed E-state index contributed by atoms with van der Waals surface area (Å²) in [5.74, 6) is -0.115. The number of fused-ring (bicyclic) bond motifs is 1. The molecule has 1 heterocycles. The zero-order valence-electron chi connectivity index (χ0n) is 13.3. The lowest BCUT2D eigenvalue weighted by Crippen LogP contribution is -2.15. The number of hydrogen-bond acceptors (Lipinski definition) is 2. The van der Waals surface area contributed by atoms with E-state index in [0.717, 1.165) is 24.2 Å². The maximum atomic E-state index is 12.6. The van der Waals surface area contributed by atoms with Crippen LogP contribution in [0.4, 0.5) is 5.69 Å². The number of benzene rings is 1. The van der Waals surface area contributed by atoms with Gasteiger partial charge in [-0.25, -0.2) is 0 Å². The Morgan fingerprint density at radius 1 is 1.41 bits per heavy atom. The van der Waals surface area contributed by atoms with E-state index in [9.17, 15) is 4.79 Å². The number of anilines is 1. The molecule has 116 valence electrons. The molecular formula is C17H20BrN3O. The van der Waals surface area contributed by atoms with Crippen LogP contribution in [0.25, 0.3) is 0 Å². The predicted molar refractivity (Wildman–Crippen MR) is 91.4 cm³/mol. The number of amides is 1. The number of nitrogens with zero attached hydrogens (tertiary/aromatic N) is 2. The summed E-state index contributed by atoms with van der Waals surface area (Å²) >= 11 is 3.37. The molecular weight excluding hydrogens is 342 g/mol. The van der Waals surface area contributed by atoms with Crippen molar-refractivity contribution in [2.24, 2.45) is 7.05 Å². The molecule has 0 aliphatic heterocycles. The second-order valence-corrected chi connectivity index (χ2v) is 7.30. The Morgan fingerprint density at radius 2 is 2.14 bits per heavy atom. The maximum Gasteiger partial charge on any atom is 0.260 e. The minimum Gasteiger partial charge on any atom is -0.322 e. The number of aromatic nitrogens is 2. The van der Waals surface area contributed by atoms with Crippen LogP contribution in [0.3, 0.4) is 0 Å². The van der Waals surface area contributed by atoms with Gasteiger partial charge in [0.15, 0.2) is 0 Å². The predicted octanol–water partition coefficient (Wildman–Crippen LogP) is 3.97. The summed E-state index contributed by atoms with van der Waals surface area (Å²) in [5.41, 5.74) is 5.14. The summed E-state index contributed by atoms with van der Waals surface area (Å²) in [4.78, 5) is 12.6. The van der Waals surface area contributed by atoms with Crippen molar-refractivity contribution in [1.82, 2.24) is 9.78 Å². The number of carbonyl (C=O) groups is 1. The van der Waals surface area contributed by atoms with Gasteiger partial charge >= 0.3 is 0 Å². The van der Waals surface area contributed by atoms with Crippen LogP contribution in [0.15, 0.2) is 22.8 Å². The van der Waals surface area contributed by atoms with Crippen LogP contribution in [0.5, 0.6) is 0 Å². The zero-order valence-corrected chi connectivity index (χ0v) is 14.9. The van der Waals surface area contributed by atoms with Gasteiger partial charge in [0, 0.05) is 18.4 Å². The fourth-order valence-electron chi connectivity index (χ4n) is 3.19. The molecule has 4 nitrogen and oxygen atoms in total. The molecule has 1 amide bonds. The van der Waals surface area contributed by atoms with Gasteiger partial charge in [0.25, 0.3) is 5.91 Å². The average Bonchev–Trinajstić information content (AvgIpc) is 2.88. The average molecular weight is 362 g/mol. The topological polar surface area (TPSA) is 46.9 Å². The van der Waals surface area contributed by atoms with E-state index >= 15 is 0 Å². The van der Waals surface area contributed by atoms with Crippen molar-refractivity contribution in [2.45, 2.75) is 39.0 Å². The van der Waals surface area contributed by atoms with Gasteiger partial charge in [0.1, 0.15) is 4.60 Å². The zero-order chi connectivity index (χ0) is 16.1. The quantitative estimate of drug-likeness (QED) is 0.879. The Morgan fingerprint density at radius 3 is 2.77 bits per heavy atom. The second kappa shape index (κ2) is 5.23. The van der Waals surface area contributed by atoms with Crippen LogP contribution >= 0.6 is 15.9 Å². The Kier molecular flexibility index (Phi) is 3.63. The fourth-order valence-corrected chi connectivity index (χ4v) is 3.89. The van der Waals surface area contributed by atoms with Gasteiger partial charge in [0.05, 0.1) is 5.56 Å². The van der Waals surface area contributed by atoms with E-state index < -0.39 is 0 Å². The summed E-state index contributed by atoms with van der Waals surface area (Å²) in [7, 11) is 1.83. The lowest BCUT2D eigenvalue weighted by molar-refractivity contribution is 0.102. The molecule has 2 aromatic rings. The molecule has 0 saturated heterocycles. The van der Waals surface area contributed by atoms with Crippen LogP contribution in [0, 0.1) is 6.92 Å². The molecule has 0 atom stereocenters. The van der Waals surface area contributed by atoms with Crippen LogP contribution in [-0.4, -0.2) is 15.7 Å². The molecule has 0 spiro atoms. The standard InChI is InChI=1S/C17H20BrN3O/c1-10-14(15(18)20-21(10)4)16(22)19-13-7-5-6-12-11(13)8-9-17(12,2)3/h5-7H,8-9H2,1-4H3,(H,19,22). The van der Waals surface area contributed by atoms with Crippen LogP contribution in [-0.2, 0) is 18.9 Å². The van der Waals surface area contributed by atoms with Gasteiger partial charge in [-0.1, -0.05) is 26.0 Å². The van der Waals surface area contributed by atoms with Gasteiger partial charge in [-0.05, 0) is 58.3 Å². The second-order valence-electron chi connectivity index (χ2n) is 6.54. The number of halogens is 1. The highest BCUT2D eigenvalue weighted by Gasteiger charge is 2.31. The molecule has 1 aromatic carbocycles.